The van der Waals surface area contributed by atoms with E-state index >= 15 is 0 Å². The average Bonchev–Trinajstić information content (AvgIpc) is 2.08. The Morgan fingerprint density at radius 2 is 2.31 bits per heavy atom. The van der Waals surface area contributed by atoms with E-state index in [0.717, 1.165) is 11.3 Å². The maximum Gasteiger partial charge on any atom is 0.123 e. The summed E-state index contributed by atoms with van der Waals surface area (Å²) in [5.74, 6) is 0.934. The van der Waals surface area contributed by atoms with E-state index in [9.17, 15) is 5.11 Å². The number of rotatable bonds is 0. The number of halogens is 1. The molecule has 2 rings (SSSR count). The molecule has 0 amide bonds. The van der Waals surface area contributed by atoms with Gasteiger partial charge in [0.1, 0.15) is 12.4 Å². The first kappa shape index (κ1) is 9.27. The van der Waals surface area contributed by atoms with E-state index in [2.05, 4.69) is 35.6 Å². The summed E-state index contributed by atoms with van der Waals surface area (Å²) in [7, 11) is 0. The molecule has 1 aromatic rings. The fraction of sp³-hybridized carbons (Fsp3) is 0.400. The Balaban J connectivity index is 2.43. The molecule has 0 aromatic heterocycles. The Hall–Kier alpha value is -0.290. The summed E-state index contributed by atoms with van der Waals surface area (Å²) in [5, 5.41) is 9.39. The lowest BCUT2D eigenvalue weighted by molar-refractivity contribution is 0.0920. The molecular weight excluding hydrogens is 279 g/mol. The normalized spacial score (nSPS) is 20.7. The summed E-state index contributed by atoms with van der Waals surface area (Å²) in [6.45, 7) is 2.49. The maximum atomic E-state index is 9.39. The van der Waals surface area contributed by atoms with Gasteiger partial charge in [0.25, 0.3) is 0 Å². The second-order valence-corrected chi connectivity index (χ2v) is 4.54. The number of aryl methyl sites for hydroxylation is 1. The van der Waals surface area contributed by atoms with Crippen molar-refractivity contribution in [2.45, 2.75) is 19.4 Å². The van der Waals surface area contributed by atoms with Gasteiger partial charge in [-0.1, -0.05) is 0 Å². The van der Waals surface area contributed by atoms with Crippen LogP contribution in [0.2, 0.25) is 0 Å². The van der Waals surface area contributed by atoms with Crippen molar-refractivity contribution < 1.29 is 9.84 Å². The third kappa shape index (κ3) is 1.81. The SMILES string of the molecule is Cc1cc2c(cc1I)C[C@@H](O)CO2. The van der Waals surface area contributed by atoms with E-state index in [1.165, 1.54) is 9.13 Å². The number of hydrogen-bond donors (Lipinski definition) is 1. The van der Waals surface area contributed by atoms with Gasteiger partial charge in [-0.15, -0.1) is 0 Å². The monoisotopic (exact) mass is 290 g/mol. The highest BCUT2D eigenvalue weighted by Gasteiger charge is 2.18. The molecule has 1 atom stereocenters. The van der Waals surface area contributed by atoms with Crippen LogP contribution in [-0.4, -0.2) is 17.8 Å². The van der Waals surface area contributed by atoms with Crippen molar-refractivity contribution in [2.75, 3.05) is 6.61 Å². The van der Waals surface area contributed by atoms with Crippen LogP contribution in [0.4, 0.5) is 0 Å². The van der Waals surface area contributed by atoms with E-state index in [0.29, 0.717) is 13.0 Å². The van der Waals surface area contributed by atoms with Crippen molar-refractivity contribution in [3.8, 4) is 5.75 Å². The first-order valence-corrected chi connectivity index (χ1v) is 5.34. The van der Waals surface area contributed by atoms with Crippen LogP contribution < -0.4 is 4.74 Å². The van der Waals surface area contributed by atoms with Gasteiger partial charge in [-0.05, 0) is 52.8 Å². The second kappa shape index (κ2) is 3.46. The molecule has 0 fully saturated rings. The van der Waals surface area contributed by atoms with Crippen LogP contribution in [-0.2, 0) is 6.42 Å². The first-order valence-electron chi connectivity index (χ1n) is 4.26. The summed E-state index contributed by atoms with van der Waals surface area (Å²) in [6.07, 6.45) is 0.372. The quantitative estimate of drug-likeness (QED) is 0.739. The number of hydrogen-bond acceptors (Lipinski definition) is 2. The van der Waals surface area contributed by atoms with Crippen molar-refractivity contribution >= 4 is 22.6 Å². The standard InChI is InChI=1S/C10H11IO2/c1-6-2-10-7(4-9(6)11)3-8(12)5-13-10/h2,4,8,12H,3,5H2,1H3/t8-/m1/s1. The van der Waals surface area contributed by atoms with Crippen LogP contribution in [0.1, 0.15) is 11.1 Å². The van der Waals surface area contributed by atoms with E-state index in [4.69, 9.17) is 4.74 Å². The third-order valence-electron chi connectivity index (χ3n) is 2.23. The molecule has 0 saturated heterocycles. The minimum Gasteiger partial charge on any atom is -0.491 e. The number of aliphatic hydroxyl groups excluding tert-OH is 1. The van der Waals surface area contributed by atoms with Crippen molar-refractivity contribution in [2.24, 2.45) is 0 Å². The van der Waals surface area contributed by atoms with Crippen LogP contribution >= 0.6 is 22.6 Å². The van der Waals surface area contributed by atoms with Crippen molar-refractivity contribution in [3.05, 3.63) is 26.8 Å². The fourth-order valence-corrected chi connectivity index (χ4v) is 2.02. The lowest BCUT2D eigenvalue weighted by Crippen LogP contribution is -2.25. The first-order chi connectivity index (χ1) is 6.16. The Morgan fingerprint density at radius 1 is 1.54 bits per heavy atom. The zero-order valence-electron chi connectivity index (χ0n) is 7.38. The topological polar surface area (TPSA) is 29.5 Å². The molecule has 1 N–H and O–H groups in total. The van der Waals surface area contributed by atoms with Gasteiger partial charge in [0.2, 0.25) is 0 Å². The highest BCUT2D eigenvalue weighted by atomic mass is 127. The lowest BCUT2D eigenvalue weighted by atomic mass is 10.0. The fourth-order valence-electron chi connectivity index (χ4n) is 1.49. The van der Waals surface area contributed by atoms with Gasteiger partial charge in [0.15, 0.2) is 0 Å². The molecule has 0 aliphatic carbocycles. The molecule has 70 valence electrons. The molecule has 2 nitrogen and oxygen atoms in total. The van der Waals surface area contributed by atoms with Gasteiger partial charge < -0.3 is 9.84 Å². The maximum absolute atomic E-state index is 9.39. The number of aliphatic hydroxyl groups is 1. The average molecular weight is 290 g/mol. The summed E-state index contributed by atoms with van der Waals surface area (Å²) < 4.78 is 6.65. The molecule has 3 heteroatoms. The van der Waals surface area contributed by atoms with Crippen LogP contribution in [0.25, 0.3) is 0 Å². The Bertz CT molecular complexity index is 336. The van der Waals surface area contributed by atoms with Gasteiger partial charge in [0.05, 0.1) is 6.10 Å². The minimum atomic E-state index is -0.342. The van der Waals surface area contributed by atoms with Gasteiger partial charge in [-0.2, -0.15) is 0 Å². The summed E-state index contributed by atoms with van der Waals surface area (Å²) in [4.78, 5) is 0. The van der Waals surface area contributed by atoms with E-state index in [1.54, 1.807) is 0 Å². The predicted octanol–water partition coefficient (Wildman–Crippen LogP) is 1.90. The van der Waals surface area contributed by atoms with E-state index < -0.39 is 0 Å². The highest BCUT2D eigenvalue weighted by Crippen LogP contribution is 2.28. The minimum absolute atomic E-state index is 0.342. The van der Waals surface area contributed by atoms with E-state index in [1.807, 2.05) is 6.07 Å². The number of ether oxygens (including phenoxy) is 1. The van der Waals surface area contributed by atoms with Crippen LogP contribution in [0.3, 0.4) is 0 Å². The van der Waals surface area contributed by atoms with Crippen molar-refractivity contribution in [1.29, 1.82) is 0 Å². The molecular formula is C10H11IO2. The molecule has 1 aliphatic heterocycles. The lowest BCUT2D eigenvalue weighted by Gasteiger charge is -2.22. The molecule has 0 saturated carbocycles. The van der Waals surface area contributed by atoms with E-state index in [-0.39, 0.29) is 6.10 Å². The largest absolute Gasteiger partial charge is 0.491 e. The highest BCUT2D eigenvalue weighted by molar-refractivity contribution is 14.1. The second-order valence-electron chi connectivity index (χ2n) is 3.38. The zero-order valence-corrected chi connectivity index (χ0v) is 9.54. The van der Waals surface area contributed by atoms with Gasteiger partial charge >= 0.3 is 0 Å². The molecule has 1 heterocycles. The molecule has 1 aromatic carbocycles. The third-order valence-corrected chi connectivity index (χ3v) is 3.39. The summed E-state index contributed by atoms with van der Waals surface area (Å²) in [5.41, 5.74) is 2.35. The van der Waals surface area contributed by atoms with Gasteiger partial charge in [-0.25, -0.2) is 0 Å². The molecule has 13 heavy (non-hydrogen) atoms. The van der Waals surface area contributed by atoms with Crippen LogP contribution in [0.5, 0.6) is 5.75 Å². The van der Waals surface area contributed by atoms with Crippen molar-refractivity contribution in [1.82, 2.24) is 0 Å². The number of fused-ring (bicyclic) bond motifs is 1. The summed E-state index contributed by atoms with van der Waals surface area (Å²) in [6, 6.07) is 4.14. The Kier molecular flexibility index (Phi) is 2.47. The molecule has 0 bridgehead atoms. The predicted molar refractivity (Wildman–Crippen MR) is 59.1 cm³/mol. The van der Waals surface area contributed by atoms with Crippen LogP contribution in [0.15, 0.2) is 12.1 Å². The molecule has 0 radical (unpaired) electrons. The Morgan fingerprint density at radius 3 is 3.08 bits per heavy atom. The molecule has 1 aliphatic rings. The molecule has 0 spiro atoms. The van der Waals surface area contributed by atoms with Gasteiger partial charge in [-0.3, -0.25) is 0 Å². The Labute approximate surface area is 91.1 Å². The zero-order chi connectivity index (χ0) is 9.42. The summed E-state index contributed by atoms with van der Waals surface area (Å²) >= 11 is 2.30. The molecule has 0 unspecified atom stereocenters. The van der Waals surface area contributed by atoms with Crippen molar-refractivity contribution in [3.63, 3.8) is 0 Å². The van der Waals surface area contributed by atoms with Gasteiger partial charge in [0, 0.05) is 9.99 Å². The smallest absolute Gasteiger partial charge is 0.123 e. The van der Waals surface area contributed by atoms with Crippen LogP contribution in [0, 0.1) is 10.5 Å². The number of benzene rings is 1.